The highest BCUT2D eigenvalue weighted by Gasteiger charge is 2.08. The number of aromatic nitrogens is 4. The number of hydrogen-bond donors (Lipinski definition) is 1. The monoisotopic (exact) mass is 240 g/mol. The molecule has 18 heavy (non-hydrogen) atoms. The topological polar surface area (TPSA) is 63.3 Å². The van der Waals surface area contributed by atoms with Crippen molar-refractivity contribution in [1.29, 1.82) is 0 Å². The van der Waals surface area contributed by atoms with Crippen molar-refractivity contribution in [3.05, 3.63) is 48.2 Å². The van der Waals surface area contributed by atoms with Crippen LogP contribution in [0.5, 0.6) is 0 Å². The molecule has 0 amide bonds. The van der Waals surface area contributed by atoms with Crippen LogP contribution in [0.1, 0.15) is 11.1 Å². The molecule has 0 aliphatic rings. The molecule has 0 saturated heterocycles. The molecule has 5 heteroatoms. The molecule has 3 rings (SSSR count). The van der Waals surface area contributed by atoms with Gasteiger partial charge in [-0.2, -0.15) is 5.10 Å². The minimum atomic E-state index is -0.0602. The highest BCUT2D eigenvalue weighted by Crippen LogP contribution is 2.24. The summed E-state index contributed by atoms with van der Waals surface area (Å²) < 4.78 is 1.67. The molecule has 0 fully saturated rings. The molecule has 0 spiro atoms. The van der Waals surface area contributed by atoms with Gasteiger partial charge in [0.2, 0.25) is 0 Å². The van der Waals surface area contributed by atoms with Gasteiger partial charge >= 0.3 is 0 Å². The summed E-state index contributed by atoms with van der Waals surface area (Å²) in [4.78, 5) is 8.26. The normalized spacial score (nSPS) is 11.0. The van der Waals surface area contributed by atoms with Gasteiger partial charge in [-0.3, -0.25) is 4.98 Å². The second kappa shape index (κ2) is 4.19. The molecule has 0 aliphatic heterocycles. The van der Waals surface area contributed by atoms with Crippen LogP contribution in [0.4, 0.5) is 0 Å². The molecule has 90 valence electrons. The molecule has 3 heterocycles. The molecule has 0 bridgehead atoms. The van der Waals surface area contributed by atoms with Crippen LogP contribution in [-0.2, 0) is 6.61 Å². The molecule has 0 aromatic carbocycles. The molecular formula is C13H12N4O. The number of pyridine rings is 2. The third-order valence-electron chi connectivity index (χ3n) is 2.97. The van der Waals surface area contributed by atoms with Gasteiger partial charge in [0, 0.05) is 35.3 Å². The average molecular weight is 240 g/mol. The van der Waals surface area contributed by atoms with E-state index in [1.165, 1.54) is 6.33 Å². The smallest absolute Gasteiger partial charge is 0.160 e. The van der Waals surface area contributed by atoms with E-state index in [-0.39, 0.29) is 6.61 Å². The number of hydrogen-bond acceptors (Lipinski definition) is 4. The zero-order valence-corrected chi connectivity index (χ0v) is 9.91. The number of aryl methyl sites for hydroxylation is 1. The molecule has 0 aliphatic carbocycles. The quantitative estimate of drug-likeness (QED) is 0.739. The fourth-order valence-electron chi connectivity index (χ4n) is 2.03. The van der Waals surface area contributed by atoms with Crippen LogP contribution in [0.15, 0.2) is 37.1 Å². The van der Waals surface area contributed by atoms with Gasteiger partial charge in [0.1, 0.15) is 6.33 Å². The van der Waals surface area contributed by atoms with Crippen molar-refractivity contribution in [3.8, 4) is 11.1 Å². The summed E-state index contributed by atoms with van der Waals surface area (Å²) in [6.45, 7) is 1.97. The van der Waals surface area contributed by atoms with Gasteiger partial charge < -0.3 is 5.11 Å². The maximum absolute atomic E-state index is 9.40. The fourth-order valence-corrected chi connectivity index (χ4v) is 2.03. The second-order valence-corrected chi connectivity index (χ2v) is 4.13. The Hall–Kier alpha value is -2.27. The Morgan fingerprint density at radius 2 is 2.28 bits per heavy atom. The molecule has 0 unspecified atom stereocenters. The van der Waals surface area contributed by atoms with Gasteiger partial charge in [0.25, 0.3) is 0 Å². The van der Waals surface area contributed by atoms with Crippen molar-refractivity contribution in [3.63, 3.8) is 0 Å². The Balaban J connectivity index is 2.27. The average Bonchev–Trinajstić information content (AvgIpc) is 2.86. The number of aliphatic hydroxyl groups is 1. The summed E-state index contributed by atoms with van der Waals surface area (Å²) in [5.74, 6) is 0. The highest BCUT2D eigenvalue weighted by atomic mass is 16.3. The molecular weight excluding hydrogens is 228 g/mol. The Labute approximate surface area is 104 Å². The Kier molecular flexibility index (Phi) is 2.53. The lowest BCUT2D eigenvalue weighted by Gasteiger charge is -2.07. The molecule has 1 N–H and O–H groups in total. The third-order valence-corrected chi connectivity index (χ3v) is 2.97. The summed E-state index contributed by atoms with van der Waals surface area (Å²) >= 11 is 0. The van der Waals surface area contributed by atoms with Crippen LogP contribution in [0.2, 0.25) is 0 Å². The number of nitrogens with zero attached hydrogens (tertiary/aromatic N) is 4. The first-order valence-electron chi connectivity index (χ1n) is 5.63. The first kappa shape index (κ1) is 10.9. The standard InChI is InChI=1S/C13H12N4O/c1-9-2-3-14-5-12(9)10-4-11(7-18)13-15-8-16-17(13)6-10/h2-6,8,18H,7H2,1H3. The van der Waals surface area contributed by atoms with Crippen molar-refractivity contribution in [2.45, 2.75) is 13.5 Å². The molecule has 3 aromatic heterocycles. The minimum absolute atomic E-state index is 0.0602. The fraction of sp³-hybridized carbons (Fsp3) is 0.154. The Bertz CT molecular complexity index is 705. The molecule has 5 nitrogen and oxygen atoms in total. The maximum atomic E-state index is 9.40. The molecule has 0 saturated carbocycles. The van der Waals surface area contributed by atoms with Crippen molar-refractivity contribution < 1.29 is 5.11 Å². The SMILES string of the molecule is Cc1ccncc1-c1cc(CO)c2ncnn2c1. The lowest BCUT2D eigenvalue weighted by molar-refractivity contribution is 0.282. The molecule has 0 atom stereocenters. The lowest BCUT2D eigenvalue weighted by Crippen LogP contribution is -1.96. The van der Waals surface area contributed by atoms with Gasteiger partial charge in [-0.25, -0.2) is 9.50 Å². The summed E-state index contributed by atoms with van der Waals surface area (Å²) in [5.41, 5.74) is 4.58. The van der Waals surface area contributed by atoms with Crippen molar-refractivity contribution in [1.82, 2.24) is 19.6 Å². The van der Waals surface area contributed by atoms with E-state index in [9.17, 15) is 5.11 Å². The zero-order valence-electron chi connectivity index (χ0n) is 9.91. The van der Waals surface area contributed by atoms with Crippen LogP contribution >= 0.6 is 0 Å². The number of rotatable bonds is 2. The summed E-state index contributed by atoms with van der Waals surface area (Å²) in [6.07, 6.45) is 6.95. The third kappa shape index (κ3) is 1.65. The van der Waals surface area contributed by atoms with Gasteiger partial charge in [0.15, 0.2) is 5.65 Å². The van der Waals surface area contributed by atoms with Crippen LogP contribution in [0.25, 0.3) is 16.8 Å². The number of aliphatic hydroxyl groups excluding tert-OH is 1. The van der Waals surface area contributed by atoms with Crippen molar-refractivity contribution in [2.75, 3.05) is 0 Å². The van der Waals surface area contributed by atoms with E-state index < -0.39 is 0 Å². The van der Waals surface area contributed by atoms with E-state index in [1.807, 2.05) is 31.5 Å². The number of fused-ring (bicyclic) bond motifs is 1. The second-order valence-electron chi connectivity index (χ2n) is 4.13. The Morgan fingerprint density at radius 1 is 1.39 bits per heavy atom. The van der Waals surface area contributed by atoms with E-state index in [0.717, 1.165) is 22.3 Å². The molecule has 3 aromatic rings. The summed E-state index contributed by atoms with van der Waals surface area (Å²) in [7, 11) is 0. The van der Waals surface area contributed by atoms with Gasteiger partial charge in [-0.05, 0) is 24.6 Å². The van der Waals surface area contributed by atoms with Gasteiger partial charge in [-0.1, -0.05) is 0 Å². The van der Waals surface area contributed by atoms with Gasteiger partial charge in [0.05, 0.1) is 6.61 Å². The summed E-state index contributed by atoms with van der Waals surface area (Å²) in [6, 6.07) is 3.88. The minimum Gasteiger partial charge on any atom is -0.392 e. The van der Waals surface area contributed by atoms with Crippen LogP contribution in [-0.4, -0.2) is 24.7 Å². The van der Waals surface area contributed by atoms with Crippen molar-refractivity contribution in [2.24, 2.45) is 0 Å². The predicted molar refractivity (Wildman–Crippen MR) is 66.9 cm³/mol. The lowest BCUT2D eigenvalue weighted by atomic mass is 10.0. The van der Waals surface area contributed by atoms with Gasteiger partial charge in [-0.15, -0.1) is 0 Å². The van der Waals surface area contributed by atoms with E-state index in [4.69, 9.17) is 0 Å². The largest absolute Gasteiger partial charge is 0.392 e. The predicted octanol–water partition coefficient (Wildman–Crippen LogP) is 1.59. The van der Waals surface area contributed by atoms with Crippen molar-refractivity contribution >= 4 is 5.65 Å². The van der Waals surface area contributed by atoms with E-state index in [2.05, 4.69) is 15.1 Å². The Morgan fingerprint density at radius 3 is 3.06 bits per heavy atom. The summed E-state index contributed by atoms with van der Waals surface area (Å²) in [5, 5.41) is 13.5. The van der Waals surface area contributed by atoms with Crippen LogP contribution in [0, 0.1) is 6.92 Å². The highest BCUT2D eigenvalue weighted by molar-refractivity contribution is 5.68. The van der Waals surface area contributed by atoms with Crippen LogP contribution in [0.3, 0.4) is 0 Å². The first-order chi connectivity index (χ1) is 8.79. The zero-order chi connectivity index (χ0) is 12.5. The van der Waals surface area contributed by atoms with E-state index in [1.54, 1.807) is 10.7 Å². The first-order valence-corrected chi connectivity index (χ1v) is 5.63. The maximum Gasteiger partial charge on any atom is 0.160 e. The van der Waals surface area contributed by atoms with E-state index in [0.29, 0.717) is 5.65 Å². The van der Waals surface area contributed by atoms with E-state index >= 15 is 0 Å². The molecule has 0 radical (unpaired) electrons. The van der Waals surface area contributed by atoms with Crippen LogP contribution < -0.4 is 0 Å².